The molecular formula is C18H14N4OS. The fraction of sp³-hybridized carbons (Fsp3) is 0.0556. The average molecular weight is 334 g/mol. The highest BCUT2D eigenvalue weighted by atomic mass is 32.1. The minimum Gasteiger partial charge on any atom is -0.347 e. The second-order valence-corrected chi connectivity index (χ2v) is 6.25. The fourth-order valence-electron chi connectivity index (χ4n) is 2.57. The molecule has 2 heterocycles. The smallest absolute Gasteiger partial charge is 0.270 e. The van der Waals surface area contributed by atoms with E-state index in [-0.39, 0.29) is 5.91 Å². The molecule has 2 aromatic carbocycles. The van der Waals surface area contributed by atoms with E-state index in [2.05, 4.69) is 20.5 Å². The third kappa shape index (κ3) is 2.79. The topological polar surface area (TPSA) is 70.7 Å². The van der Waals surface area contributed by atoms with Crippen LogP contribution in [-0.2, 0) is 6.54 Å². The van der Waals surface area contributed by atoms with Gasteiger partial charge in [0.15, 0.2) is 0 Å². The molecule has 2 N–H and O–H groups in total. The number of benzene rings is 2. The summed E-state index contributed by atoms with van der Waals surface area (Å²) in [5, 5.41) is 9.78. The number of rotatable bonds is 4. The number of carbonyl (C=O) groups excluding carboxylic acids is 1. The summed E-state index contributed by atoms with van der Waals surface area (Å²) in [5.41, 5.74) is 6.04. The van der Waals surface area contributed by atoms with Crippen LogP contribution < -0.4 is 5.32 Å². The number of hydrogen-bond donors (Lipinski definition) is 2. The zero-order valence-corrected chi connectivity index (χ0v) is 13.5. The van der Waals surface area contributed by atoms with E-state index in [4.69, 9.17) is 0 Å². The highest BCUT2D eigenvalue weighted by Crippen LogP contribution is 2.27. The van der Waals surface area contributed by atoms with Crippen molar-refractivity contribution in [1.82, 2.24) is 20.5 Å². The Labute approximate surface area is 142 Å². The monoisotopic (exact) mass is 334 g/mol. The van der Waals surface area contributed by atoms with Gasteiger partial charge in [0, 0.05) is 12.1 Å². The number of aromatic nitrogens is 3. The summed E-state index contributed by atoms with van der Waals surface area (Å²) in [6, 6.07) is 15.8. The molecule has 0 radical (unpaired) electrons. The molecule has 0 spiro atoms. The lowest BCUT2D eigenvalue weighted by Crippen LogP contribution is -2.23. The summed E-state index contributed by atoms with van der Waals surface area (Å²) < 4.78 is 1.09. The largest absolute Gasteiger partial charge is 0.347 e. The van der Waals surface area contributed by atoms with Gasteiger partial charge in [0.2, 0.25) is 0 Å². The summed E-state index contributed by atoms with van der Waals surface area (Å²) >= 11 is 1.58. The second kappa shape index (κ2) is 6.25. The van der Waals surface area contributed by atoms with Gasteiger partial charge in [0.1, 0.15) is 5.69 Å². The van der Waals surface area contributed by atoms with E-state index in [1.165, 1.54) is 0 Å². The summed E-state index contributed by atoms with van der Waals surface area (Å²) in [6.45, 7) is 0.478. The third-order valence-electron chi connectivity index (χ3n) is 3.80. The van der Waals surface area contributed by atoms with Crippen molar-refractivity contribution in [2.75, 3.05) is 0 Å². The number of H-pyrrole nitrogens is 1. The zero-order valence-electron chi connectivity index (χ0n) is 12.7. The normalized spacial score (nSPS) is 10.8. The Kier molecular flexibility index (Phi) is 3.80. The molecule has 24 heavy (non-hydrogen) atoms. The Morgan fingerprint density at radius 3 is 2.92 bits per heavy atom. The highest BCUT2D eigenvalue weighted by molar-refractivity contribution is 7.16. The summed E-state index contributed by atoms with van der Waals surface area (Å²) in [6.07, 6.45) is 1.68. The molecule has 2 aromatic heterocycles. The van der Waals surface area contributed by atoms with Crippen LogP contribution in [0.25, 0.3) is 21.3 Å². The van der Waals surface area contributed by atoms with Crippen LogP contribution >= 0.6 is 11.3 Å². The minimum atomic E-state index is -0.171. The first-order valence-corrected chi connectivity index (χ1v) is 8.38. The van der Waals surface area contributed by atoms with Gasteiger partial charge in [-0.05, 0) is 23.3 Å². The summed E-state index contributed by atoms with van der Waals surface area (Å²) in [4.78, 5) is 16.8. The van der Waals surface area contributed by atoms with E-state index >= 15 is 0 Å². The third-order valence-corrected chi connectivity index (χ3v) is 4.60. The summed E-state index contributed by atoms with van der Waals surface area (Å²) in [7, 11) is 0. The molecule has 0 bridgehead atoms. The van der Waals surface area contributed by atoms with Crippen molar-refractivity contribution in [1.29, 1.82) is 0 Å². The SMILES string of the molecule is O=C(NCc1ccccc1)c1[nH]ncc1-c1ccc2ncsc2c1. The fourth-order valence-corrected chi connectivity index (χ4v) is 3.28. The van der Waals surface area contributed by atoms with E-state index in [1.807, 2.05) is 54.0 Å². The van der Waals surface area contributed by atoms with Crippen LogP contribution in [-0.4, -0.2) is 21.1 Å². The Balaban J connectivity index is 1.58. The molecule has 0 fully saturated rings. The number of fused-ring (bicyclic) bond motifs is 1. The number of nitrogens with one attached hydrogen (secondary N) is 2. The molecule has 4 rings (SSSR count). The van der Waals surface area contributed by atoms with Gasteiger partial charge in [-0.2, -0.15) is 5.10 Å². The van der Waals surface area contributed by atoms with Crippen molar-refractivity contribution in [3.63, 3.8) is 0 Å². The second-order valence-electron chi connectivity index (χ2n) is 5.36. The molecule has 0 aliphatic heterocycles. The van der Waals surface area contributed by atoms with Gasteiger partial charge in [-0.3, -0.25) is 9.89 Å². The van der Waals surface area contributed by atoms with Crippen LogP contribution in [0.3, 0.4) is 0 Å². The molecule has 118 valence electrons. The van der Waals surface area contributed by atoms with E-state index in [0.29, 0.717) is 12.2 Å². The van der Waals surface area contributed by atoms with Gasteiger partial charge < -0.3 is 5.32 Å². The van der Waals surface area contributed by atoms with Crippen molar-refractivity contribution < 1.29 is 4.79 Å². The first kappa shape index (κ1) is 14.6. The van der Waals surface area contributed by atoms with Crippen molar-refractivity contribution in [3.05, 3.63) is 71.5 Å². The van der Waals surface area contributed by atoms with E-state index in [0.717, 1.165) is 26.9 Å². The number of amides is 1. The lowest BCUT2D eigenvalue weighted by Gasteiger charge is -2.06. The molecular weight excluding hydrogens is 320 g/mol. The van der Waals surface area contributed by atoms with Gasteiger partial charge in [-0.25, -0.2) is 4.98 Å². The van der Waals surface area contributed by atoms with Crippen molar-refractivity contribution in [2.45, 2.75) is 6.54 Å². The van der Waals surface area contributed by atoms with Crippen LogP contribution in [0.5, 0.6) is 0 Å². The van der Waals surface area contributed by atoms with E-state index in [9.17, 15) is 4.79 Å². The van der Waals surface area contributed by atoms with Gasteiger partial charge in [-0.15, -0.1) is 11.3 Å². The van der Waals surface area contributed by atoms with Crippen molar-refractivity contribution in [2.24, 2.45) is 0 Å². The standard InChI is InChI=1S/C18H14N4OS/c23-18(19-9-12-4-2-1-3-5-12)17-14(10-21-22-17)13-6-7-15-16(8-13)24-11-20-15/h1-8,10-11H,9H2,(H,19,23)(H,21,22). The van der Waals surface area contributed by atoms with Crippen LogP contribution in [0.1, 0.15) is 16.1 Å². The maximum Gasteiger partial charge on any atom is 0.270 e. The quantitative estimate of drug-likeness (QED) is 0.599. The van der Waals surface area contributed by atoms with Gasteiger partial charge in [0.05, 0.1) is 21.9 Å². The molecule has 0 saturated heterocycles. The Bertz CT molecular complexity index is 990. The highest BCUT2D eigenvalue weighted by Gasteiger charge is 2.15. The molecule has 0 aliphatic rings. The predicted octanol–water partition coefficient (Wildman–Crippen LogP) is 3.62. The first-order valence-electron chi connectivity index (χ1n) is 7.50. The lowest BCUT2D eigenvalue weighted by atomic mass is 10.1. The molecule has 0 unspecified atom stereocenters. The molecule has 4 aromatic rings. The van der Waals surface area contributed by atoms with Crippen molar-refractivity contribution in [3.8, 4) is 11.1 Å². The number of nitrogens with zero attached hydrogens (tertiary/aromatic N) is 2. The molecule has 6 heteroatoms. The Morgan fingerprint density at radius 2 is 2.04 bits per heavy atom. The van der Waals surface area contributed by atoms with Crippen LogP contribution in [0.2, 0.25) is 0 Å². The van der Waals surface area contributed by atoms with Crippen LogP contribution in [0.15, 0.2) is 60.2 Å². The molecule has 0 saturated carbocycles. The van der Waals surface area contributed by atoms with Crippen molar-refractivity contribution >= 4 is 27.5 Å². The van der Waals surface area contributed by atoms with Gasteiger partial charge in [0.25, 0.3) is 5.91 Å². The number of aromatic amines is 1. The lowest BCUT2D eigenvalue weighted by molar-refractivity contribution is 0.0946. The average Bonchev–Trinajstić information content (AvgIpc) is 3.28. The first-order chi connectivity index (χ1) is 11.8. The number of thiazole rings is 1. The maximum atomic E-state index is 12.5. The minimum absolute atomic E-state index is 0.171. The number of hydrogen-bond acceptors (Lipinski definition) is 4. The molecule has 1 amide bonds. The Hall–Kier alpha value is -2.99. The van der Waals surface area contributed by atoms with Gasteiger partial charge >= 0.3 is 0 Å². The van der Waals surface area contributed by atoms with Crippen LogP contribution in [0, 0.1) is 0 Å². The number of carbonyl (C=O) groups is 1. The molecule has 0 aliphatic carbocycles. The van der Waals surface area contributed by atoms with E-state index < -0.39 is 0 Å². The predicted molar refractivity (Wildman–Crippen MR) is 94.8 cm³/mol. The van der Waals surface area contributed by atoms with E-state index in [1.54, 1.807) is 17.5 Å². The zero-order chi connectivity index (χ0) is 16.4. The Morgan fingerprint density at radius 1 is 1.17 bits per heavy atom. The van der Waals surface area contributed by atoms with Gasteiger partial charge in [-0.1, -0.05) is 36.4 Å². The maximum absolute atomic E-state index is 12.5. The molecule has 5 nitrogen and oxygen atoms in total. The summed E-state index contributed by atoms with van der Waals surface area (Å²) in [5.74, 6) is -0.171. The van der Waals surface area contributed by atoms with Crippen LogP contribution in [0.4, 0.5) is 0 Å². The molecule has 0 atom stereocenters.